The summed E-state index contributed by atoms with van der Waals surface area (Å²) in [6.45, 7) is 1.24. The monoisotopic (exact) mass is 555 g/mol. The molecule has 39 heavy (non-hydrogen) atoms. The van der Waals surface area contributed by atoms with Crippen molar-refractivity contribution in [1.82, 2.24) is 4.57 Å². The molecule has 4 rings (SSSR count). The number of fused-ring (bicyclic) bond motifs is 5. The SMILES string of the molecule is CCCCCCCCCCCCn1c(O)c2c(c1O)C1(CO[C@@H]3OC(CO)[C@@H](O)[C@H](O)C3O)C=CC2(CO)O1. The number of aromatic hydroxyl groups is 2. The molecular formula is C28H45NO10. The van der Waals surface area contributed by atoms with Crippen LogP contribution in [-0.4, -0.2) is 90.8 Å². The van der Waals surface area contributed by atoms with E-state index in [2.05, 4.69) is 6.92 Å². The fourth-order valence-corrected chi connectivity index (χ4v) is 6.02. The highest BCUT2D eigenvalue weighted by Crippen LogP contribution is 2.60. The second-order valence-electron chi connectivity index (χ2n) is 11.1. The van der Waals surface area contributed by atoms with Gasteiger partial charge in [-0.2, -0.15) is 0 Å². The van der Waals surface area contributed by atoms with Crippen LogP contribution in [0.2, 0.25) is 0 Å². The molecule has 11 nitrogen and oxygen atoms in total. The maximum absolute atomic E-state index is 11.2. The van der Waals surface area contributed by atoms with E-state index in [0.717, 1.165) is 25.7 Å². The molecule has 4 heterocycles. The van der Waals surface area contributed by atoms with Gasteiger partial charge in [0, 0.05) is 6.54 Å². The molecule has 2 bridgehead atoms. The van der Waals surface area contributed by atoms with Gasteiger partial charge < -0.3 is 50.0 Å². The van der Waals surface area contributed by atoms with Crippen LogP contribution in [0.4, 0.5) is 0 Å². The van der Waals surface area contributed by atoms with Gasteiger partial charge >= 0.3 is 0 Å². The van der Waals surface area contributed by atoms with Gasteiger partial charge in [0.25, 0.3) is 0 Å². The molecule has 0 aromatic carbocycles. The van der Waals surface area contributed by atoms with Crippen LogP contribution < -0.4 is 0 Å². The minimum atomic E-state index is -1.60. The van der Waals surface area contributed by atoms with Crippen molar-refractivity contribution in [2.24, 2.45) is 0 Å². The number of nitrogens with zero attached hydrogens (tertiary/aromatic N) is 1. The first-order chi connectivity index (χ1) is 18.7. The molecule has 222 valence electrons. The number of rotatable bonds is 16. The summed E-state index contributed by atoms with van der Waals surface area (Å²) in [6, 6.07) is 0. The van der Waals surface area contributed by atoms with Crippen LogP contribution in [0.15, 0.2) is 12.2 Å². The van der Waals surface area contributed by atoms with Gasteiger partial charge in [0.1, 0.15) is 35.6 Å². The molecule has 1 aromatic rings. The molecule has 7 N–H and O–H groups in total. The van der Waals surface area contributed by atoms with Crippen molar-refractivity contribution in [2.75, 3.05) is 19.8 Å². The van der Waals surface area contributed by atoms with Crippen LogP contribution in [0.25, 0.3) is 0 Å². The third-order valence-corrected chi connectivity index (χ3v) is 8.32. The van der Waals surface area contributed by atoms with E-state index in [1.54, 1.807) is 12.2 Å². The molecule has 1 fully saturated rings. The number of ether oxygens (including phenoxy) is 3. The van der Waals surface area contributed by atoms with Gasteiger partial charge in [0.05, 0.1) is 30.9 Å². The van der Waals surface area contributed by atoms with Crippen LogP contribution >= 0.6 is 0 Å². The Kier molecular flexibility index (Phi) is 9.98. The molecule has 0 spiro atoms. The molecule has 3 aliphatic heterocycles. The molecule has 0 radical (unpaired) electrons. The fraction of sp³-hybridized carbons (Fsp3) is 0.786. The van der Waals surface area contributed by atoms with Gasteiger partial charge in [0.15, 0.2) is 6.29 Å². The number of hydrogen-bond donors (Lipinski definition) is 7. The first kappa shape index (κ1) is 30.3. The van der Waals surface area contributed by atoms with Crippen molar-refractivity contribution in [3.05, 3.63) is 23.3 Å². The van der Waals surface area contributed by atoms with Crippen LogP contribution in [0.3, 0.4) is 0 Å². The number of unbranched alkanes of at least 4 members (excludes halogenated alkanes) is 9. The Labute approximate surface area is 229 Å². The summed E-state index contributed by atoms with van der Waals surface area (Å²) >= 11 is 0. The zero-order valence-corrected chi connectivity index (χ0v) is 22.7. The van der Waals surface area contributed by atoms with E-state index in [4.69, 9.17) is 14.2 Å². The number of aromatic nitrogens is 1. The van der Waals surface area contributed by atoms with E-state index in [1.807, 2.05) is 0 Å². The molecule has 1 saturated heterocycles. The highest BCUT2D eigenvalue weighted by Gasteiger charge is 2.61. The molecule has 0 amide bonds. The topological polar surface area (TPSA) is 174 Å². The zero-order chi connectivity index (χ0) is 28.2. The van der Waals surface area contributed by atoms with Crippen molar-refractivity contribution < 1.29 is 50.0 Å². The maximum Gasteiger partial charge on any atom is 0.201 e. The first-order valence-corrected chi connectivity index (χ1v) is 14.3. The molecule has 11 heteroatoms. The van der Waals surface area contributed by atoms with Crippen LogP contribution in [0.5, 0.6) is 11.8 Å². The second kappa shape index (κ2) is 12.9. The average Bonchev–Trinajstić information content (AvgIpc) is 3.55. The summed E-state index contributed by atoms with van der Waals surface area (Å²) in [6.07, 6.45) is 7.55. The quantitative estimate of drug-likeness (QED) is 0.117. The summed E-state index contributed by atoms with van der Waals surface area (Å²) in [7, 11) is 0. The van der Waals surface area contributed by atoms with Crippen LogP contribution in [-0.2, 0) is 32.0 Å². The lowest BCUT2D eigenvalue weighted by molar-refractivity contribution is -0.309. The predicted octanol–water partition coefficient (Wildman–Crippen LogP) is 1.62. The fourth-order valence-electron chi connectivity index (χ4n) is 6.02. The van der Waals surface area contributed by atoms with E-state index in [9.17, 15) is 35.7 Å². The minimum absolute atomic E-state index is 0.175. The van der Waals surface area contributed by atoms with Crippen molar-refractivity contribution in [1.29, 1.82) is 0 Å². The lowest BCUT2D eigenvalue weighted by Crippen LogP contribution is -2.59. The lowest BCUT2D eigenvalue weighted by Gasteiger charge is -2.40. The molecule has 3 aliphatic rings. The summed E-state index contributed by atoms with van der Waals surface area (Å²) in [5.74, 6) is -0.359. The van der Waals surface area contributed by atoms with Gasteiger partial charge in [-0.3, -0.25) is 4.57 Å². The Morgan fingerprint density at radius 1 is 0.795 bits per heavy atom. The maximum atomic E-state index is 11.2. The largest absolute Gasteiger partial charge is 0.494 e. The van der Waals surface area contributed by atoms with Crippen LogP contribution in [0.1, 0.15) is 82.3 Å². The van der Waals surface area contributed by atoms with Gasteiger partial charge in [-0.25, -0.2) is 0 Å². The van der Waals surface area contributed by atoms with Crippen molar-refractivity contribution in [3.8, 4) is 11.8 Å². The molecule has 1 aromatic heterocycles. The standard InChI is InChI=1S/C28H45NO10/c1-2-3-4-5-6-7-8-9-10-11-14-29-24(35)19-20(25(29)36)28(13-12-27(19,16-31)39-28)17-37-26-23(34)22(33)21(32)18(15-30)38-26/h12-13,18,21-23,26,30-36H,2-11,14-17H2,1H3/t18?,21-,22+,23?,26-,27?,28?/m1/s1. The predicted molar refractivity (Wildman–Crippen MR) is 140 cm³/mol. The van der Waals surface area contributed by atoms with E-state index in [-0.39, 0.29) is 29.5 Å². The van der Waals surface area contributed by atoms with Crippen molar-refractivity contribution >= 4 is 0 Å². The third kappa shape index (κ3) is 5.73. The zero-order valence-electron chi connectivity index (χ0n) is 22.7. The van der Waals surface area contributed by atoms with E-state index < -0.39 is 55.1 Å². The Morgan fingerprint density at radius 2 is 1.36 bits per heavy atom. The third-order valence-electron chi connectivity index (χ3n) is 8.32. The molecule has 0 saturated carbocycles. The summed E-state index contributed by atoms with van der Waals surface area (Å²) < 4.78 is 18.8. The summed E-state index contributed by atoms with van der Waals surface area (Å²) in [4.78, 5) is 0. The number of hydrogen-bond acceptors (Lipinski definition) is 10. The van der Waals surface area contributed by atoms with Crippen molar-refractivity contribution in [2.45, 2.75) is 120 Å². The lowest BCUT2D eigenvalue weighted by atomic mass is 9.84. The first-order valence-electron chi connectivity index (χ1n) is 14.3. The molecule has 4 unspecified atom stereocenters. The van der Waals surface area contributed by atoms with Gasteiger partial charge in [0.2, 0.25) is 11.8 Å². The van der Waals surface area contributed by atoms with Gasteiger partial charge in [-0.1, -0.05) is 64.7 Å². The molecule has 7 atom stereocenters. The smallest absolute Gasteiger partial charge is 0.201 e. The Balaban J connectivity index is 1.40. The number of aliphatic hydroxyl groups is 5. The second-order valence-corrected chi connectivity index (χ2v) is 11.1. The molecule has 0 aliphatic carbocycles. The molecular weight excluding hydrogens is 510 g/mol. The Bertz CT molecular complexity index is 980. The van der Waals surface area contributed by atoms with Crippen molar-refractivity contribution in [3.63, 3.8) is 0 Å². The van der Waals surface area contributed by atoms with Crippen LogP contribution in [0, 0.1) is 0 Å². The highest BCUT2D eigenvalue weighted by molar-refractivity contribution is 5.61. The van der Waals surface area contributed by atoms with E-state index >= 15 is 0 Å². The number of aliphatic hydroxyl groups excluding tert-OH is 5. The summed E-state index contributed by atoms with van der Waals surface area (Å²) in [5, 5.41) is 72.4. The normalized spacial score (nSPS) is 33.2. The van der Waals surface area contributed by atoms with Gasteiger partial charge in [-0.05, 0) is 18.6 Å². The Morgan fingerprint density at radius 3 is 1.95 bits per heavy atom. The minimum Gasteiger partial charge on any atom is -0.494 e. The Hall–Kier alpha value is -1.70. The summed E-state index contributed by atoms with van der Waals surface area (Å²) in [5.41, 5.74) is -2.21. The van der Waals surface area contributed by atoms with Gasteiger partial charge in [-0.15, -0.1) is 0 Å². The average molecular weight is 556 g/mol. The van der Waals surface area contributed by atoms with E-state index in [1.165, 1.54) is 43.1 Å². The highest BCUT2D eigenvalue weighted by atomic mass is 16.7. The van der Waals surface area contributed by atoms with E-state index in [0.29, 0.717) is 6.54 Å².